The molecule has 1 aliphatic heterocycles. The average Bonchev–Trinajstić information content (AvgIpc) is 3.13. The summed E-state index contributed by atoms with van der Waals surface area (Å²) in [5.74, 6) is 0.880. The summed E-state index contributed by atoms with van der Waals surface area (Å²) in [5, 5.41) is 0. The summed E-state index contributed by atoms with van der Waals surface area (Å²) < 4.78 is 11.5. The molecule has 0 spiro atoms. The smallest absolute Gasteiger partial charge is 0.137 e. The largest absolute Gasteiger partial charge is 0.497 e. The predicted molar refractivity (Wildman–Crippen MR) is 103 cm³/mol. The van der Waals surface area contributed by atoms with E-state index in [1.165, 1.54) is 16.7 Å². The van der Waals surface area contributed by atoms with Gasteiger partial charge in [0.15, 0.2) is 0 Å². The van der Waals surface area contributed by atoms with Crippen LogP contribution in [0.15, 0.2) is 84.9 Å². The summed E-state index contributed by atoms with van der Waals surface area (Å²) in [6.45, 7) is 1.52. The first-order chi connectivity index (χ1) is 12.8. The van der Waals surface area contributed by atoms with E-state index >= 15 is 0 Å². The van der Waals surface area contributed by atoms with Gasteiger partial charge in [-0.1, -0.05) is 72.8 Å². The topological polar surface area (TPSA) is 21.7 Å². The Kier molecular flexibility index (Phi) is 5.00. The second kappa shape index (κ2) is 7.73. The van der Waals surface area contributed by atoms with Crippen molar-refractivity contribution in [3.63, 3.8) is 0 Å². The Balaban J connectivity index is 1.64. The van der Waals surface area contributed by atoms with Gasteiger partial charge in [0.25, 0.3) is 0 Å². The molecule has 0 aliphatic carbocycles. The van der Waals surface area contributed by atoms with Gasteiger partial charge >= 0.3 is 0 Å². The number of rotatable bonds is 5. The highest BCUT2D eigenvalue weighted by molar-refractivity contribution is 5.29. The average molecular weight is 345 g/mol. The van der Waals surface area contributed by atoms with Crippen LogP contribution in [0.2, 0.25) is 0 Å². The molecule has 4 rings (SSSR count). The summed E-state index contributed by atoms with van der Waals surface area (Å²) in [6.07, 6.45) is -0.0384. The molecule has 0 amide bonds. The number of ether oxygens (including phenoxy) is 2. The van der Waals surface area contributed by atoms with Crippen molar-refractivity contribution in [2.45, 2.75) is 18.8 Å². The summed E-state index contributed by atoms with van der Waals surface area (Å²) in [4.78, 5) is 2.44. The second-order valence-corrected chi connectivity index (χ2v) is 6.54. The molecule has 26 heavy (non-hydrogen) atoms. The zero-order valence-electron chi connectivity index (χ0n) is 14.9. The summed E-state index contributed by atoms with van der Waals surface area (Å²) in [6, 6.07) is 29.6. The summed E-state index contributed by atoms with van der Waals surface area (Å²) >= 11 is 0. The van der Waals surface area contributed by atoms with Gasteiger partial charge in [-0.05, 0) is 28.8 Å². The standard InChI is InChI=1S/C23H23NO2/c1-25-21-14-12-18(13-15-21)16-24-22(19-8-4-2-5-9-19)17-26-23(24)20-10-6-3-7-11-20/h2-15,22-23H,16-17H2,1H3/t22-,23+/m0/s1. The van der Waals surface area contributed by atoms with Gasteiger partial charge in [0.2, 0.25) is 0 Å². The van der Waals surface area contributed by atoms with Crippen LogP contribution in [0.1, 0.15) is 29.0 Å². The second-order valence-electron chi connectivity index (χ2n) is 6.54. The van der Waals surface area contributed by atoms with E-state index in [2.05, 4.69) is 71.6 Å². The zero-order valence-corrected chi connectivity index (χ0v) is 14.9. The molecule has 1 aliphatic rings. The molecular weight excluding hydrogens is 322 g/mol. The summed E-state index contributed by atoms with van der Waals surface area (Å²) in [5.41, 5.74) is 3.73. The van der Waals surface area contributed by atoms with Gasteiger partial charge in [0, 0.05) is 6.54 Å². The maximum Gasteiger partial charge on any atom is 0.137 e. The third-order valence-corrected chi connectivity index (χ3v) is 4.91. The quantitative estimate of drug-likeness (QED) is 0.652. The van der Waals surface area contributed by atoms with E-state index in [9.17, 15) is 0 Å². The molecule has 1 fully saturated rings. The molecule has 1 heterocycles. The highest BCUT2D eigenvalue weighted by atomic mass is 16.5. The molecule has 0 bridgehead atoms. The van der Waals surface area contributed by atoms with Crippen molar-refractivity contribution in [3.8, 4) is 5.75 Å². The van der Waals surface area contributed by atoms with Crippen LogP contribution in [0, 0.1) is 0 Å². The van der Waals surface area contributed by atoms with Gasteiger partial charge in [0.05, 0.1) is 19.8 Å². The minimum Gasteiger partial charge on any atom is -0.497 e. The van der Waals surface area contributed by atoms with Crippen molar-refractivity contribution in [1.29, 1.82) is 0 Å². The first kappa shape index (κ1) is 16.8. The SMILES string of the molecule is COc1ccc(CN2[C@@H](c3ccccc3)OC[C@H]2c2ccccc2)cc1. The number of methoxy groups -OCH3 is 1. The molecule has 3 aromatic carbocycles. The molecule has 132 valence electrons. The monoisotopic (exact) mass is 345 g/mol. The van der Waals surface area contributed by atoms with Gasteiger partial charge in [0.1, 0.15) is 12.0 Å². The molecule has 1 saturated heterocycles. The summed E-state index contributed by atoms with van der Waals surface area (Å²) in [7, 11) is 1.69. The number of hydrogen-bond acceptors (Lipinski definition) is 3. The fourth-order valence-electron chi connectivity index (χ4n) is 3.54. The van der Waals surface area contributed by atoms with Gasteiger partial charge in [-0.15, -0.1) is 0 Å². The van der Waals surface area contributed by atoms with Gasteiger partial charge in [-0.25, -0.2) is 0 Å². The highest BCUT2D eigenvalue weighted by Crippen LogP contribution is 2.39. The third-order valence-electron chi connectivity index (χ3n) is 4.91. The Bertz CT molecular complexity index is 770. The zero-order chi connectivity index (χ0) is 17.8. The molecule has 0 N–H and O–H groups in total. The van der Waals surface area contributed by atoms with E-state index in [0.29, 0.717) is 6.61 Å². The molecule has 3 nitrogen and oxygen atoms in total. The van der Waals surface area contributed by atoms with Crippen LogP contribution in [0.3, 0.4) is 0 Å². The molecule has 0 aromatic heterocycles. The Labute approximate surface area is 154 Å². The molecule has 2 atom stereocenters. The van der Waals surface area contributed by atoms with Crippen LogP contribution in [-0.2, 0) is 11.3 Å². The first-order valence-electron chi connectivity index (χ1n) is 8.95. The lowest BCUT2D eigenvalue weighted by Crippen LogP contribution is -2.26. The van der Waals surface area contributed by atoms with E-state index in [1.807, 2.05) is 18.2 Å². The van der Waals surface area contributed by atoms with Crippen molar-refractivity contribution in [1.82, 2.24) is 4.90 Å². The number of benzene rings is 3. The molecule has 0 unspecified atom stereocenters. The fraction of sp³-hybridized carbons (Fsp3) is 0.217. The van der Waals surface area contributed by atoms with Crippen molar-refractivity contribution in [2.75, 3.05) is 13.7 Å². The van der Waals surface area contributed by atoms with E-state index in [0.717, 1.165) is 12.3 Å². The molecule has 3 aromatic rings. The molecular formula is C23H23NO2. The highest BCUT2D eigenvalue weighted by Gasteiger charge is 2.36. The molecule has 0 radical (unpaired) electrons. The van der Waals surface area contributed by atoms with E-state index in [4.69, 9.17) is 9.47 Å². The lowest BCUT2D eigenvalue weighted by Gasteiger charge is -2.28. The van der Waals surface area contributed by atoms with Gasteiger partial charge < -0.3 is 9.47 Å². The van der Waals surface area contributed by atoms with Gasteiger partial charge in [-0.2, -0.15) is 0 Å². The Hall–Kier alpha value is -2.62. The minimum atomic E-state index is -0.0384. The Morgan fingerprint density at radius 1 is 0.846 bits per heavy atom. The number of nitrogens with zero attached hydrogens (tertiary/aromatic N) is 1. The van der Waals surface area contributed by atoms with Crippen LogP contribution in [0.4, 0.5) is 0 Å². The minimum absolute atomic E-state index is 0.0384. The number of hydrogen-bond donors (Lipinski definition) is 0. The maximum absolute atomic E-state index is 6.24. The van der Waals surface area contributed by atoms with Crippen LogP contribution < -0.4 is 4.74 Å². The van der Waals surface area contributed by atoms with Crippen LogP contribution in [0.5, 0.6) is 5.75 Å². The Morgan fingerprint density at radius 3 is 2.08 bits per heavy atom. The first-order valence-corrected chi connectivity index (χ1v) is 8.95. The normalized spacial score (nSPS) is 20.2. The van der Waals surface area contributed by atoms with Crippen LogP contribution >= 0.6 is 0 Å². The van der Waals surface area contributed by atoms with E-state index in [1.54, 1.807) is 7.11 Å². The predicted octanol–water partition coefficient (Wildman–Crippen LogP) is 4.97. The van der Waals surface area contributed by atoms with Crippen molar-refractivity contribution in [2.24, 2.45) is 0 Å². The van der Waals surface area contributed by atoms with Crippen molar-refractivity contribution in [3.05, 3.63) is 102 Å². The lowest BCUT2D eigenvalue weighted by molar-refractivity contribution is 0.0246. The van der Waals surface area contributed by atoms with Crippen molar-refractivity contribution < 1.29 is 9.47 Å². The Morgan fingerprint density at radius 2 is 1.46 bits per heavy atom. The molecule has 0 saturated carbocycles. The van der Waals surface area contributed by atoms with E-state index < -0.39 is 0 Å². The van der Waals surface area contributed by atoms with Crippen molar-refractivity contribution >= 4 is 0 Å². The fourth-order valence-corrected chi connectivity index (χ4v) is 3.54. The molecule has 3 heteroatoms. The van der Waals surface area contributed by atoms with E-state index in [-0.39, 0.29) is 12.3 Å². The van der Waals surface area contributed by atoms with Crippen LogP contribution in [-0.4, -0.2) is 18.6 Å². The maximum atomic E-state index is 6.24. The lowest BCUT2D eigenvalue weighted by atomic mass is 10.0. The third kappa shape index (κ3) is 3.50. The van der Waals surface area contributed by atoms with Gasteiger partial charge in [-0.3, -0.25) is 4.90 Å². The van der Waals surface area contributed by atoms with Crippen LogP contribution in [0.25, 0.3) is 0 Å².